The summed E-state index contributed by atoms with van der Waals surface area (Å²) in [5.41, 5.74) is 11.1. The Balaban J connectivity index is 0.957. The first-order valence-corrected chi connectivity index (χ1v) is 20.5. The van der Waals surface area contributed by atoms with Gasteiger partial charge in [-0.3, -0.25) is 5.32 Å². The summed E-state index contributed by atoms with van der Waals surface area (Å²) in [6, 6.07) is 54.5. The summed E-state index contributed by atoms with van der Waals surface area (Å²) < 4.78 is 11.6. The van der Waals surface area contributed by atoms with Crippen LogP contribution in [-0.2, 0) is 0 Å². The van der Waals surface area contributed by atoms with Crippen LogP contribution < -0.4 is 10.6 Å². The third-order valence-electron chi connectivity index (χ3n) is 11.7. The second kappa shape index (κ2) is 12.9. The molecule has 1 aliphatic carbocycles. The molecule has 0 amide bonds. The average molecular weight is 753 g/mol. The van der Waals surface area contributed by atoms with Gasteiger partial charge < -0.3 is 14.3 Å². The Morgan fingerprint density at radius 3 is 2.21 bits per heavy atom. The Kier molecular flexibility index (Phi) is 7.37. The lowest BCUT2D eigenvalue weighted by Gasteiger charge is -2.33. The quantitative estimate of drug-likeness (QED) is 0.184. The minimum absolute atomic E-state index is 0.0707. The SMILES string of the molecule is C1=CC(C2N=C(c3cccc4sc5cc(-c6ccc7oc8c(-n9c%10ccccc%10c%10ccccc%109)cccc8c7c6)ccc5c34)NC(c3ccccc3)N2)=CCC1. The minimum Gasteiger partial charge on any atom is -0.454 e. The predicted octanol–water partition coefficient (Wildman–Crippen LogP) is 13.0. The largest absolute Gasteiger partial charge is 0.454 e. The molecule has 2 atom stereocenters. The van der Waals surface area contributed by atoms with Crippen molar-refractivity contribution in [1.82, 2.24) is 15.2 Å². The zero-order valence-electron chi connectivity index (χ0n) is 30.9. The Bertz CT molecular complexity index is 3270. The molecule has 0 radical (unpaired) electrons. The van der Waals surface area contributed by atoms with Crippen LogP contribution in [-0.4, -0.2) is 16.6 Å². The van der Waals surface area contributed by atoms with Crippen LogP contribution in [0.25, 0.3) is 80.7 Å². The Hall–Kier alpha value is -6.73. The molecular weight excluding hydrogens is 717 g/mol. The second-order valence-corrected chi connectivity index (χ2v) is 16.1. The molecule has 0 fully saturated rings. The average Bonchev–Trinajstić information content (AvgIpc) is 3.96. The highest BCUT2D eigenvalue weighted by Crippen LogP contribution is 2.42. The molecule has 5 nitrogen and oxygen atoms in total. The van der Waals surface area contributed by atoms with E-state index < -0.39 is 0 Å². The van der Waals surface area contributed by atoms with Crippen molar-refractivity contribution >= 4 is 81.1 Å². The van der Waals surface area contributed by atoms with E-state index in [1.165, 1.54) is 64.2 Å². The van der Waals surface area contributed by atoms with Crippen molar-refractivity contribution in [3.63, 3.8) is 0 Å². The van der Waals surface area contributed by atoms with E-state index in [1.54, 1.807) is 0 Å². The maximum atomic E-state index is 6.71. The number of hydrogen-bond donors (Lipinski definition) is 2. The van der Waals surface area contributed by atoms with E-state index in [-0.39, 0.29) is 12.3 Å². The summed E-state index contributed by atoms with van der Waals surface area (Å²) in [5.74, 6) is 0.916. The molecule has 2 N–H and O–H groups in total. The van der Waals surface area contributed by atoms with Crippen LogP contribution in [0.2, 0.25) is 0 Å². The van der Waals surface area contributed by atoms with Crippen LogP contribution in [0.5, 0.6) is 0 Å². The van der Waals surface area contributed by atoms with Crippen molar-refractivity contribution < 1.29 is 4.42 Å². The maximum absolute atomic E-state index is 6.71. The van der Waals surface area contributed by atoms with Crippen LogP contribution in [0.4, 0.5) is 0 Å². The van der Waals surface area contributed by atoms with Crippen LogP contribution in [0.1, 0.15) is 30.1 Å². The van der Waals surface area contributed by atoms with Gasteiger partial charge in [-0.2, -0.15) is 0 Å². The van der Waals surface area contributed by atoms with Gasteiger partial charge in [-0.1, -0.05) is 127 Å². The summed E-state index contributed by atoms with van der Waals surface area (Å²) in [5, 5.41) is 14.7. The van der Waals surface area contributed by atoms with E-state index in [9.17, 15) is 0 Å². The lowest BCUT2D eigenvalue weighted by molar-refractivity contribution is 0.434. The first-order valence-electron chi connectivity index (χ1n) is 19.7. The van der Waals surface area contributed by atoms with Crippen molar-refractivity contribution in [2.75, 3.05) is 0 Å². The topological polar surface area (TPSA) is 54.5 Å². The second-order valence-electron chi connectivity index (χ2n) is 15.0. The number of benzene rings is 7. The summed E-state index contributed by atoms with van der Waals surface area (Å²) in [4.78, 5) is 5.32. The number of nitrogens with zero attached hydrogens (tertiary/aromatic N) is 2. The van der Waals surface area contributed by atoms with Gasteiger partial charge in [0.15, 0.2) is 5.58 Å². The van der Waals surface area contributed by atoms with E-state index in [0.29, 0.717) is 0 Å². The van der Waals surface area contributed by atoms with Gasteiger partial charge in [-0.25, -0.2) is 4.99 Å². The molecule has 57 heavy (non-hydrogen) atoms. The molecule has 12 rings (SSSR count). The lowest BCUT2D eigenvalue weighted by atomic mass is 9.99. The molecule has 2 aliphatic rings. The summed E-state index contributed by atoms with van der Waals surface area (Å²) in [7, 11) is 0. The van der Waals surface area contributed by atoms with Gasteiger partial charge in [0.2, 0.25) is 0 Å². The smallest absolute Gasteiger partial charge is 0.159 e. The number of rotatable bonds is 5. The molecule has 3 aromatic heterocycles. The Morgan fingerprint density at radius 1 is 0.632 bits per heavy atom. The highest BCUT2D eigenvalue weighted by atomic mass is 32.1. The monoisotopic (exact) mass is 752 g/mol. The van der Waals surface area contributed by atoms with E-state index in [0.717, 1.165) is 51.9 Å². The predicted molar refractivity (Wildman–Crippen MR) is 239 cm³/mol. The summed E-state index contributed by atoms with van der Waals surface area (Å²) in [6.45, 7) is 0. The number of hydrogen-bond acceptors (Lipinski definition) is 5. The maximum Gasteiger partial charge on any atom is 0.159 e. The van der Waals surface area contributed by atoms with E-state index in [4.69, 9.17) is 9.41 Å². The fourth-order valence-electron chi connectivity index (χ4n) is 9.04. The summed E-state index contributed by atoms with van der Waals surface area (Å²) in [6.07, 6.45) is 8.72. The number of para-hydroxylation sites is 3. The van der Waals surface area contributed by atoms with Gasteiger partial charge in [-0.15, -0.1) is 11.3 Å². The number of nitrogens with one attached hydrogen (secondary N) is 2. The molecule has 1 aliphatic heterocycles. The van der Waals surface area contributed by atoms with Gasteiger partial charge in [0.1, 0.15) is 23.8 Å². The molecule has 0 spiro atoms. The van der Waals surface area contributed by atoms with Crippen LogP contribution >= 0.6 is 11.3 Å². The Morgan fingerprint density at radius 2 is 1.39 bits per heavy atom. The van der Waals surface area contributed by atoms with Gasteiger partial charge >= 0.3 is 0 Å². The van der Waals surface area contributed by atoms with Crippen molar-refractivity contribution in [3.05, 3.63) is 187 Å². The fraction of sp³-hybridized carbons (Fsp3) is 0.0784. The van der Waals surface area contributed by atoms with E-state index in [1.807, 2.05) is 11.3 Å². The lowest BCUT2D eigenvalue weighted by Crippen LogP contribution is -2.49. The van der Waals surface area contributed by atoms with Crippen LogP contribution in [0.15, 0.2) is 185 Å². The molecule has 0 saturated heterocycles. The zero-order chi connectivity index (χ0) is 37.5. The third kappa shape index (κ3) is 5.22. The molecule has 10 aromatic rings. The van der Waals surface area contributed by atoms with Crippen molar-refractivity contribution in [2.45, 2.75) is 25.2 Å². The van der Waals surface area contributed by atoms with Gasteiger partial charge in [0.25, 0.3) is 0 Å². The summed E-state index contributed by atoms with van der Waals surface area (Å²) >= 11 is 1.84. The molecule has 0 saturated carbocycles. The molecule has 0 bridgehead atoms. The fourth-order valence-corrected chi connectivity index (χ4v) is 10.2. The molecule has 2 unspecified atom stereocenters. The van der Waals surface area contributed by atoms with Crippen LogP contribution in [0, 0.1) is 0 Å². The van der Waals surface area contributed by atoms with Crippen molar-refractivity contribution in [3.8, 4) is 16.8 Å². The highest BCUT2D eigenvalue weighted by Gasteiger charge is 2.28. The minimum atomic E-state index is -0.137. The highest BCUT2D eigenvalue weighted by molar-refractivity contribution is 7.26. The van der Waals surface area contributed by atoms with Gasteiger partial charge in [0, 0.05) is 47.3 Å². The first kappa shape index (κ1) is 32.5. The molecule has 272 valence electrons. The third-order valence-corrected chi connectivity index (χ3v) is 12.8. The van der Waals surface area contributed by atoms with Crippen LogP contribution in [0.3, 0.4) is 0 Å². The normalized spacial score (nSPS) is 17.2. The Labute approximate surface area is 332 Å². The van der Waals surface area contributed by atoms with Gasteiger partial charge in [0.05, 0.1) is 16.7 Å². The molecular formula is C51H36N4OS. The number of aliphatic imine (C=N–C) groups is 1. The number of fused-ring (bicyclic) bond motifs is 9. The standard InChI is InChI=1S/C51H36N4OS/c1-3-13-31(14-4-1)49-52-50(32-15-5-2-6-16-32)54-51(53-49)39-20-12-24-45-47(39)38-27-25-34(30-46(38)57-45)33-26-28-44-40(29-33)37-19-11-23-43(48(37)56-44)55-41-21-9-7-17-35(41)36-18-8-10-22-42(36)55/h1,3-5,7-30,49-50,52H,2,6H2,(H,53,54). The number of thiophene rings is 1. The van der Waals surface area contributed by atoms with E-state index in [2.05, 4.69) is 185 Å². The molecule has 6 heteroatoms. The van der Waals surface area contributed by atoms with Crippen molar-refractivity contribution in [2.24, 2.45) is 4.99 Å². The molecule has 7 aromatic carbocycles. The number of allylic oxidation sites excluding steroid dienone is 2. The first-order chi connectivity index (χ1) is 28.2. The number of aromatic nitrogens is 1. The molecule has 4 heterocycles. The van der Waals surface area contributed by atoms with Gasteiger partial charge in [-0.05, 0) is 77.6 Å². The number of furan rings is 1. The van der Waals surface area contributed by atoms with Crippen molar-refractivity contribution in [1.29, 1.82) is 0 Å². The number of amidine groups is 1. The zero-order valence-corrected chi connectivity index (χ0v) is 31.8. The van der Waals surface area contributed by atoms with E-state index >= 15 is 0 Å².